The summed E-state index contributed by atoms with van der Waals surface area (Å²) in [7, 11) is 0. The van der Waals surface area contributed by atoms with E-state index in [1.165, 1.54) is 75.1 Å². The van der Waals surface area contributed by atoms with E-state index >= 15 is 0 Å². The topological polar surface area (TPSA) is 0 Å². The van der Waals surface area contributed by atoms with Gasteiger partial charge < -0.3 is 0 Å². The van der Waals surface area contributed by atoms with Crippen LogP contribution in [0.3, 0.4) is 0 Å². The third-order valence-electron chi connectivity index (χ3n) is 8.79. The van der Waals surface area contributed by atoms with Crippen molar-refractivity contribution in [3.63, 3.8) is 0 Å². The molecule has 1 aromatic heterocycles. The van der Waals surface area contributed by atoms with Gasteiger partial charge in [-0.25, -0.2) is 0 Å². The molecule has 43 heavy (non-hydrogen) atoms. The summed E-state index contributed by atoms with van der Waals surface area (Å²) in [5.74, 6) is 0. The number of benzene rings is 8. The standard InChI is InChI=1S/C42H26S/c1-2-12-28-25-30(22-21-27(28)11-1)41-34-16-5-7-18-36(34)42(37-19-8-6-17-35(37)41)33-15-4-3-13-31(33)29-23-24-40-38(26-29)32-14-9-10-20-39(32)43-40/h1-26H/i1D. The van der Waals surface area contributed by atoms with Crippen molar-refractivity contribution in [2.45, 2.75) is 0 Å². The maximum Gasteiger partial charge on any atom is 0.0623 e. The first-order valence-corrected chi connectivity index (χ1v) is 15.5. The maximum absolute atomic E-state index is 8.06. The summed E-state index contributed by atoms with van der Waals surface area (Å²) in [6.07, 6.45) is 0. The second-order valence-corrected chi connectivity index (χ2v) is 12.3. The number of rotatable bonds is 3. The maximum atomic E-state index is 8.06. The lowest BCUT2D eigenvalue weighted by atomic mass is 9.83. The summed E-state index contributed by atoms with van der Waals surface area (Å²) in [6.45, 7) is 0. The molecule has 0 bridgehead atoms. The fourth-order valence-electron chi connectivity index (χ4n) is 6.86. The summed E-state index contributed by atoms with van der Waals surface area (Å²) in [6, 6.07) is 55.3. The number of hydrogen-bond acceptors (Lipinski definition) is 1. The van der Waals surface area contributed by atoms with Gasteiger partial charge in [-0.1, -0.05) is 133 Å². The minimum absolute atomic E-state index is 0.538. The fraction of sp³-hybridized carbons (Fsp3) is 0. The Morgan fingerprint density at radius 1 is 0.372 bits per heavy atom. The zero-order valence-electron chi connectivity index (χ0n) is 24.3. The molecule has 9 rings (SSSR count). The third-order valence-corrected chi connectivity index (χ3v) is 9.94. The quantitative estimate of drug-likeness (QED) is 0.188. The Balaban J connectivity index is 1.33. The zero-order chi connectivity index (χ0) is 29.2. The zero-order valence-corrected chi connectivity index (χ0v) is 24.2. The van der Waals surface area contributed by atoms with Crippen LogP contribution in [0.4, 0.5) is 0 Å². The number of fused-ring (bicyclic) bond motifs is 6. The molecule has 0 radical (unpaired) electrons. The largest absolute Gasteiger partial charge is 0.135 e. The molecule has 0 aliphatic heterocycles. The van der Waals surface area contributed by atoms with Crippen LogP contribution in [-0.2, 0) is 0 Å². The molecular formula is C42H26S. The summed E-state index contributed by atoms with van der Waals surface area (Å²) in [5.41, 5.74) is 7.43. The molecule has 1 heteroatoms. The Morgan fingerprint density at radius 3 is 1.74 bits per heavy atom. The molecule has 0 spiro atoms. The monoisotopic (exact) mass is 563 g/mol. The van der Waals surface area contributed by atoms with Crippen molar-refractivity contribution >= 4 is 63.8 Å². The van der Waals surface area contributed by atoms with Crippen LogP contribution in [-0.4, -0.2) is 0 Å². The molecule has 0 unspecified atom stereocenters. The third kappa shape index (κ3) is 3.82. The van der Waals surface area contributed by atoms with Gasteiger partial charge in [-0.2, -0.15) is 0 Å². The molecule has 0 atom stereocenters. The van der Waals surface area contributed by atoms with Crippen molar-refractivity contribution in [2.75, 3.05) is 0 Å². The Morgan fingerprint density at radius 2 is 0.977 bits per heavy atom. The Labute approximate surface area is 255 Å². The summed E-state index contributed by atoms with van der Waals surface area (Å²) < 4.78 is 10.7. The van der Waals surface area contributed by atoms with E-state index in [4.69, 9.17) is 1.37 Å². The van der Waals surface area contributed by atoms with Gasteiger partial charge in [-0.3, -0.25) is 0 Å². The Kier molecular flexibility index (Phi) is 5.24. The van der Waals surface area contributed by atoms with Crippen LogP contribution in [0.25, 0.3) is 85.9 Å². The second kappa shape index (κ2) is 9.66. The molecule has 0 amide bonds. The minimum Gasteiger partial charge on any atom is -0.135 e. The lowest BCUT2D eigenvalue weighted by Gasteiger charge is -2.20. The van der Waals surface area contributed by atoms with Gasteiger partial charge in [0.1, 0.15) is 0 Å². The summed E-state index contributed by atoms with van der Waals surface area (Å²) in [4.78, 5) is 0. The van der Waals surface area contributed by atoms with Gasteiger partial charge >= 0.3 is 0 Å². The predicted octanol–water partition coefficient (Wildman–Crippen LogP) is 12.5. The van der Waals surface area contributed by atoms with Crippen LogP contribution in [0, 0.1) is 0 Å². The molecule has 9 aromatic rings. The second-order valence-electron chi connectivity index (χ2n) is 11.2. The van der Waals surface area contributed by atoms with Gasteiger partial charge in [-0.05, 0) is 90.0 Å². The van der Waals surface area contributed by atoms with Crippen molar-refractivity contribution in [3.8, 4) is 33.4 Å². The number of thiophene rings is 1. The van der Waals surface area contributed by atoms with Gasteiger partial charge in [0, 0.05) is 20.2 Å². The van der Waals surface area contributed by atoms with Crippen LogP contribution >= 0.6 is 11.3 Å². The van der Waals surface area contributed by atoms with Gasteiger partial charge in [0.15, 0.2) is 0 Å². The van der Waals surface area contributed by atoms with Gasteiger partial charge in [0.2, 0.25) is 0 Å². The highest BCUT2D eigenvalue weighted by atomic mass is 32.1. The number of hydrogen-bond donors (Lipinski definition) is 0. The van der Waals surface area contributed by atoms with Gasteiger partial charge in [0.05, 0.1) is 1.37 Å². The van der Waals surface area contributed by atoms with Crippen LogP contribution in [0.2, 0.25) is 0 Å². The van der Waals surface area contributed by atoms with E-state index in [9.17, 15) is 0 Å². The molecular weight excluding hydrogens is 537 g/mol. The molecule has 0 aliphatic carbocycles. The fourth-order valence-corrected chi connectivity index (χ4v) is 7.94. The van der Waals surface area contributed by atoms with Crippen molar-refractivity contribution in [1.82, 2.24) is 0 Å². The highest BCUT2D eigenvalue weighted by molar-refractivity contribution is 7.25. The molecule has 1 heterocycles. The summed E-state index contributed by atoms with van der Waals surface area (Å²) >= 11 is 1.86. The van der Waals surface area contributed by atoms with E-state index in [1.54, 1.807) is 0 Å². The Bertz CT molecular complexity index is 2510. The van der Waals surface area contributed by atoms with Gasteiger partial charge in [0.25, 0.3) is 0 Å². The smallest absolute Gasteiger partial charge is 0.0623 e. The Hall–Kier alpha value is -5.24. The molecule has 200 valence electrons. The van der Waals surface area contributed by atoms with Crippen molar-refractivity contribution in [3.05, 3.63) is 158 Å². The van der Waals surface area contributed by atoms with E-state index in [2.05, 4.69) is 140 Å². The van der Waals surface area contributed by atoms with Gasteiger partial charge in [-0.15, -0.1) is 11.3 Å². The highest BCUT2D eigenvalue weighted by Crippen LogP contribution is 2.47. The molecule has 0 nitrogen and oxygen atoms in total. The predicted molar refractivity (Wildman–Crippen MR) is 188 cm³/mol. The molecule has 0 N–H and O–H groups in total. The van der Waals surface area contributed by atoms with Crippen molar-refractivity contribution in [1.29, 1.82) is 0 Å². The normalized spacial score (nSPS) is 12.0. The first kappa shape index (κ1) is 23.3. The van der Waals surface area contributed by atoms with Crippen LogP contribution in [0.5, 0.6) is 0 Å². The van der Waals surface area contributed by atoms with E-state index in [0.29, 0.717) is 6.04 Å². The average molecular weight is 564 g/mol. The highest BCUT2D eigenvalue weighted by Gasteiger charge is 2.19. The van der Waals surface area contributed by atoms with Crippen LogP contribution in [0.15, 0.2) is 158 Å². The lowest BCUT2D eigenvalue weighted by molar-refractivity contribution is 1.63. The molecule has 0 fully saturated rings. The molecule has 0 saturated heterocycles. The van der Waals surface area contributed by atoms with Crippen molar-refractivity contribution in [2.24, 2.45) is 0 Å². The molecule has 0 saturated carbocycles. The molecule has 0 aliphatic rings. The van der Waals surface area contributed by atoms with Crippen LogP contribution in [0.1, 0.15) is 1.37 Å². The first-order valence-electron chi connectivity index (χ1n) is 15.2. The molecule has 8 aromatic carbocycles. The van der Waals surface area contributed by atoms with E-state index in [1.807, 2.05) is 23.5 Å². The average Bonchev–Trinajstić information content (AvgIpc) is 3.45. The lowest BCUT2D eigenvalue weighted by Crippen LogP contribution is -1.92. The van der Waals surface area contributed by atoms with E-state index in [-0.39, 0.29) is 0 Å². The minimum atomic E-state index is 0.538. The van der Waals surface area contributed by atoms with Crippen LogP contribution < -0.4 is 0 Å². The summed E-state index contributed by atoms with van der Waals surface area (Å²) in [5, 5.41) is 9.86. The SMILES string of the molecule is [2H]c1ccc2cc(-c3c4ccccc4c(-c4ccccc4-c4ccc5sc6ccccc6c5c4)c4ccccc34)ccc2c1. The first-order chi connectivity index (χ1) is 21.7. The van der Waals surface area contributed by atoms with E-state index in [0.717, 1.165) is 10.8 Å². The van der Waals surface area contributed by atoms with Crippen molar-refractivity contribution < 1.29 is 1.37 Å². The van der Waals surface area contributed by atoms with E-state index < -0.39 is 0 Å².